The Bertz CT molecular complexity index is 302. The molecular weight excluding hydrogens is 301 g/mol. The van der Waals surface area contributed by atoms with Gasteiger partial charge in [-0.1, -0.05) is 12.1 Å². The van der Waals surface area contributed by atoms with Gasteiger partial charge < -0.3 is 10.4 Å². The van der Waals surface area contributed by atoms with Crippen LogP contribution in [0.1, 0.15) is 32.4 Å². The summed E-state index contributed by atoms with van der Waals surface area (Å²) in [6.45, 7) is 6.86. The molecule has 0 aromatic heterocycles. The first-order valence-electron chi connectivity index (χ1n) is 5.07. The molecule has 0 saturated carbocycles. The molecule has 1 aromatic rings. The minimum absolute atomic E-state index is 0.0458. The number of aliphatic hydroxyl groups excluding tert-OH is 1. The van der Waals surface area contributed by atoms with E-state index in [2.05, 4.69) is 48.7 Å². The average molecular weight is 319 g/mol. The Morgan fingerprint density at radius 2 is 1.80 bits per heavy atom. The molecule has 1 rings (SSSR count). The molecule has 84 valence electrons. The molecule has 0 aliphatic heterocycles. The van der Waals surface area contributed by atoms with Crippen molar-refractivity contribution in [1.82, 2.24) is 5.32 Å². The molecule has 0 bridgehead atoms. The molecule has 0 amide bonds. The molecule has 1 aromatic carbocycles. The molecule has 0 spiro atoms. The number of halogens is 1. The largest absolute Gasteiger partial charge is 0.387 e. The Balaban J connectivity index is 2.54. The molecule has 0 aliphatic carbocycles. The van der Waals surface area contributed by atoms with Crippen LogP contribution >= 0.6 is 22.6 Å². The minimum Gasteiger partial charge on any atom is -0.387 e. The van der Waals surface area contributed by atoms with Crippen LogP contribution in [-0.4, -0.2) is 17.2 Å². The molecule has 0 heterocycles. The van der Waals surface area contributed by atoms with Gasteiger partial charge in [0.25, 0.3) is 0 Å². The summed E-state index contributed by atoms with van der Waals surface area (Å²) in [6, 6.07) is 7.96. The van der Waals surface area contributed by atoms with Crippen molar-refractivity contribution in [2.75, 3.05) is 6.54 Å². The van der Waals surface area contributed by atoms with Crippen LogP contribution in [0.4, 0.5) is 0 Å². The van der Waals surface area contributed by atoms with Crippen molar-refractivity contribution in [1.29, 1.82) is 0 Å². The van der Waals surface area contributed by atoms with Crippen LogP contribution in [0.2, 0.25) is 0 Å². The van der Waals surface area contributed by atoms with E-state index in [1.165, 1.54) is 3.57 Å². The lowest BCUT2D eigenvalue weighted by Gasteiger charge is -2.23. The summed E-state index contributed by atoms with van der Waals surface area (Å²) in [6.07, 6.45) is -0.429. The zero-order valence-corrected chi connectivity index (χ0v) is 11.6. The van der Waals surface area contributed by atoms with E-state index in [1.54, 1.807) is 0 Å². The minimum atomic E-state index is -0.429. The smallest absolute Gasteiger partial charge is 0.0914 e. The summed E-state index contributed by atoms with van der Waals surface area (Å²) in [5, 5.41) is 13.2. The van der Waals surface area contributed by atoms with Crippen molar-refractivity contribution in [3.8, 4) is 0 Å². The van der Waals surface area contributed by atoms with Crippen LogP contribution in [0.3, 0.4) is 0 Å². The Hall–Kier alpha value is -0.130. The molecule has 15 heavy (non-hydrogen) atoms. The fraction of sp³-hybridized carbons (Fsp3) is 0.500. The molecule has 1 atom stereocenters. The lowest BCUT2D eigenvalue weighted by molar-refractivity contribution is 0.163. The van der Waals surface area contributed by atoms with Crippen LogP contribution < -0.4 is 5.32 Å². The van der Waals surface area contributed by atoms with Gasteiger partial charge in [-0.3, -0.25) is 0 Å². The first kappa shape index (κ1) is 12.9. The van der Waals surface area contributed by atoms with Crippen LogP contribution in [0.15, 0.2) is 24.3 Å². The maximum Gasteiger partial charge on any atom is 0.0914 e. The van der Waals surface area contributed by atoms with Crippen molar-refractivity contribution in [2.45, 2.75) is 32.4 Å². The first-order valence-corrected chi connectivity index (χ1v) is 6.15. The van der Waals surface area contributed by atoms with Gasteiger partial charge in [0.2, 0.25) is 0 Å². The molecule has 2 N–H and O–H groups in total. The van der Waals surface area contributed by atoms with Crippen molar-refractivity contribution in [2.24, 2.45) is 0 Å². The zero-order chi connectivity index (χ0) is 11.5. The van der Waals surface area contributed by atoms with E-state index < -0.39 is 6.10 Å². The van der Waals surface area contributed by atoms with E-state index in [0.29, 0.717) is 6.54 Å². The summed E-state index contributed by atoms with van der Waals surface area (Å²) >= 11 is 2.26. The summed E-state index contributed by atoms with van der Waals surface area (Å²) < 4.78 is 1.19. The number of rotatable bonds is 3. The van der Waals surface area contributed by atoms with Gasteiger partial charge in [0.1, 0.15) is 0 Å². The zero-order valence-electron chi connectivity index (χ0n) is 9.42. The molecular formula is C12H18INO. The lowest BCUT2D eigenvalue weighted by atomic mass is 10.1. The third-order valence-corrected chi connectivity index (χ3v) is 2.80. The standard InChI is InChI=1S/C12H18INO/c1-12(2,3)14-8-11(15)9-4-6-10(13)7-5-9/h4-7,11,14-15H,8H2,1-3H3. The number of benzene rings is 1. The normalized spacial score (nSPS) is 13.9. The number of hydrogen-bond donors (Lipinski definition) is 2. The molecule has 0 radical (unpaired) electrons. The highest BCUT2D eigenvalue weighted by Crippen LogP contribution is 2.15. The maximum absolute atomic E-state index is 9.91. The number of β-amino-alcohol motifs (C(OH)–C–C–N with tert-alkyl or cyclic N) is 1. The van der Waals surface area contributed by atoms with Gasteiger partial charge in [-0.2, -0.15) is 0 Å². The second kappa shape index (κ2) is 5.27. The summed E-state index contributed by atoms with van der Waals surface area (Å²) in [7, 11) is 0. The van der Waals surface area contributed by atoms with Gasteiger partial charge >= 0.3 is 0 Å². The van der Waals surface area contributed by atoms with Gasteiger partial charge in [-0.25, -0.2) is 0 Å². The fourth-order valence-corrected chi connectivity index (χ4v) is 1.57. The van der Waals surface area contributed by atoms with Gasteiger partial charge in [-0.05, 0) is 61.1 Å². The number of hydrogen-bond acceptors (Lipinski definition) is 2. The third kappa shape index (κ3) is 4.95. The Morgan fingerprint density at radius 1 is 1.27 bits per heavy atom. The first-order chi connectivity index (χ1) is 6.88. The van der Waals surface area contributed by atoms with E-state index in [0.717, 1.165) is 5.56 Å². The second-order valence-corrected chi connectivity index (χ2v) is 5.94. The van der Waals surface area contributed by atoms with E-state index in [-0.39, 0.29) is 5.54 Å². The topological polar surface area (TPSA) is 32.3 Å². The highest BCUT2D eigenvalue weighted by atomic mass is 127. The predicted octanol–water partition coefficient (Wildman–Crippen LogP) is 2.71. The number of nitrogens with one attached hydrogen (secondary N) is 1. The Kier molecular flexibility index (Phi) is 4.55. The van der Waals surface area contributed by atoms with Crippen molar-refractivity contribution < 1.29 is 5.11 Å². The van der Waals surface area contributed by atoms with Crippen molar-refractivity contribution >= 4 is 22.6 Å². The molecule has 3 heteroatoms. The van der Waals surface area contributed by atoms with Crippen LogP contribution in [0.25, 0.3) is 0 Å². The van der Waals surface area contributed by atoms with Crippen molar-refractivity contribution in [3.05, 3.63) is 33.4 Å². The van der Waals surface area contributed by atoms with Crippen LogP contribution in [0.5, 0.6) is 0 Å². The average Bonchev–Trinajstić information content (AvgIpc) is 2.14. The summed E-state index contributed by atoms with van der Waals surface area (Å²) in [5.74, 6) is 0. The van der Waals surface area contributed by atoms with Crippen LogP contribution in [0, 0.1) is 3.57 Å². The number of aliphatic hydroxyl groups is 1. The Labute approximate surface area is 105 Å². The van der Waals surface area contributed by atoms with Gasteiger partial charge in [0.05, 0.1) is 6.10 Å². The van der Waals surface area contributed by atoms with E-state index in [1.807, 2.05) is 24.3 Å². The van der Waals surface area contributed by atoms with Gasteiger partial charge in [-0.15, -0.1) is 0 Å². The predicted molar refractivity (Wildman–Crippen MR) is 71.9 cm³/mol. The molecule has 0 aliphatic rings. The summed E-state index contributed by atoms with van der Waals surface area (Å²) in [4.78, 5) is 0. The lowest BCUT2D eigenvalue weighted by Crippen LogP contribution is -2.38. The summed E-state index contributed by atoms with van der Waals surface area (Å²) in [5.41, 5.74) is 1.01. The second-order valence-electron chi connectivity index (χ2n) is 4.70. The van der Waals surface area contributed by atoms with Gasteiger partial charge in [0, 0.05) is 15.7 Å². The highest BCUT2D eigenvalue weighted by molar-refractivity contribution is 14.1. The van der Waals surface area contributed by atoms with E-state index in [9.17, 15) is 5.11 Å². The van der Waals surface area contributed by atoms with Gasteiger partial charge in [0.15, 0.2) is 0 Å². The molecule has 1 unspecified atom stereocenters. The third-order valence-electron chi connectivity index (χ3n) is 2.08. The van der Waals surface area contributed by atoms with E-state index >= 15 is 0 Å². The van der Waals surface area contributed by atoms with E-state index in [4.69, 9.17) is 0 Å². The molecule has 2 nitrogen and oxygen atoms in total. The quantitative estimate of drug-likeness (QED) is 0.840. The highest BCUT2D eigenvalue weighted by Gasteiger charge is 2.13. The SMILES string of the molecule is CC(C)(C)NCC(O)c1ccc(I)cc1. The Morgan fingerprint density at radius 3 is 2.27 bits per heavy atom. The van der Waals surface area contributed by atoms with Crippen LogP contribution in [-0.2, 0) is 0 Å². The monoisotopic (exact) mass is 319 g/mol. The maximum atomic E-state index is 9.91. The van der Waals surface area contributed by atoms with Crippen molar-refractivity contribution in [3.63, 3.8) is 0 Å². The fourth-order valence-electron chi connectivity index (χ4n) is 1.21. The molecule has 0 saturated heterocycles. The molecule has 0 fully saturated rings.